The number of amides is 2. The van der Waals surface area contributed by atoms with Gasteiger partial charge in [0, 0.05) is 17.8 Å². The third-order valence-electron chi connectivity index (χ3n) is 4.44. The Morgan fingerprint density at radius 1 is 1.15 bits per heavy atom. The minimum absolute atomic E-state index is 0.0877. The van der Waals surface area contributed by atoms with Crippen LogP contribution in [0.1, 0.15) is 37.4 Å². The summed E-state index contributed by atoms with van der Waals surface area (Å²) in [5.41, 5.74) is 0.767. The van der Waals surface area contributed by atoms with Gasteiger partial charge >= 0.3 is 6.03 Å². The predicted molar refractivity (Wildman–Crippen MR) is 97.7 cm³/mol. The number of benzene rings is 2. The minimum atomic E-state index is -1.11. The molecule has 26 heavy (non-hydrogen) atoms. The maximum absolute atomic E-state index is 13.6. The molecule has 0 heterocycles. The Kier molecular flexibility index (Phi) is 6.07. The molecule has 0 saturated heterocycles. The van der Waals surface area contributed by atoms with Crippen LogP contribution in [0.3, 0.4) is 0 Å². The Morgan fingerprint density at radius 3 is 2.54 bits per heavy atom. The van der Waals surface area contributed by atoms with Crippen LogP contribution in [0.25, 0.3) is 0 Å². The highest BCUT2D eigenvalue weighted by Crippen LogP contribution is 2.25. The summed E-state index contributed by atoms with van der Waals surface area (Å²) in [6.07, 6.45) is 3.78. The normalized spacial score (nSPS) is 15.5. The number of hydrogen-bond donors (Lipinski definition) is 3. The van der Waals surface area contributed by atoms with E-state index in [0.29, 0.717) is 5.69 Å². The molecule has 2 aromatic rings. The molecule has 1 aliphatic rings. The lowest BCUT2D eigenvalue weighted by atomic mass is 10.1. The van der Waals surface area contributed by atoms with E-state index >= 15 is 0 Å². The number of ether oxygens (including phenoxy) is 1. The van der Waals surface area contributed by atoms with Crippen LogP contribution >= 0.6 is 0 Å². The Morgan fingerprint density at radius 2 is 1.85 bits per heavy atom. The second kappa shape index (κ2) is 8.67. The lowest BCUT2D eigenvalue weighted by molar-refractivity contribution is 0.170. The van der Waals surface area contributed by atoms with Crippen LogP contribution in [0.5, 0.6) is 5.75 Å². The third-order valence-corrected chi connectivity index (χ3v) is 4.44. The van der Waals surface area contributed by atoms with Gasteiger partial charge in [0.25, 0.3) is 0 Å². The van der Waals surface area contributed by atoms with Crippen LogP contribution in [0.4, 0.5) is 14.9 Å². The van der Waals surface area contributed by atoms with Crippen LogP contribution in [0, 0.1) is 5.82 Å². The molecule has 6 heteroatoms. The van der Waals surface area contributed by atoms with Crippen LogP contribution < -0.4 is 15.4 Å². The standard InChI is InChI=1S/C20H23FN2O3/c21-18-8-4-3-7-17(18)19(24)13-22-20(25)23-14-9-11-16(12-10-14)26-15-5-1-2-6-15/h3-4,7-12,15,19,24H,1-2,5-6,13H2,(H2,22,23,25). The van der Waals surface area contributed by atoms with Gasteiger partial charge in [-0.1, -0.05) is 18.2 Å². The van der Waals surface area contributed by atoms with Crippen molar-refractivity contribution in [1.29, 1.82) is 0 Å². The van der Waals surface area contributed by atoms with Crippen molar-refractivity contribution < 1.29 is 19.0 Å². The molecular formula is C20H23FN2O3. The van der Waals surface area contributed by atoms with E-state index in [2.05, 4.69) is 10.6 Å². The molecule has 3 rings (SSSR count). The van der Waals surface area contributed by atoms with E-state index in [-0.39, 0.29) is 18.2 Å². The van der Waals surface area contributed by atoms with Crippen molar-refractivity contribution in [2.45, 2.75) is 37.9 Å². The molecule has 138 valence electrons. The molecule has 3 N–H and O–H groups in total. The Labute approximate surface area is 152 Å². The number of anilines is 1. The average molecular weight is 358 g/mol. The number of hydrogen-bond acceptors (Lipinski definition) is 3. The molecule has 1 unspecified atom stereocenters. The van der Waals surface area contributed by atoms with E-state index in [9.17, 15) is 14.3 Å². The summed E-state index contributed by atoms with van der Waals surface area (Å²) < 4.78 is 19.5. The minimum Gasteiger partial charge on any atom is -0.490 e. The lowest BCUT2D eigenvalue weighted by Gasteiger charge is -2.15. The highest BCUT2D eigenvalue weighted by atomic mass is 19.1. The molecule has 2 amide bonds. The van der Waals surface area contributed by atoms with Crippen molar-refractivity contribution in [3.63, 3.8) is 0 Å². The maximum atomic E-state index is 13.6. The van der Waals surface area contributed by atoms with E-state index < -0.39 is 18.0 Å². The summed E-state index contributed by atoms with van der Waals surface area (Å²) in [4.78, 5) is 11.9. The quantitative estimate of drug-likeness (QED) is 0.731. The number of rotatable bonds is 6. The SMILES string of the molecule is O=C(NCC(O)c1ccccc1F)Nc1ccc(OC2CCCC2)cc1. The van der Waals surface area contributed by atoms with Gasteiger partial charge in [0.2, 0.25) is 0 Å². The summed E-state index contributed by atoms with van der Waals surface area (Å²) in [6.45, 7) is -0.0877. The predicted octanol–water partition coefficient (Wildman–Crippen LogP) is 4.00. The summed E-state index contributed by atoms with van der Waals surface area (Å²) in [5, 5.41) is 15.2. The molecule has 2 aromatic carbocycles. The fourth-order valence-corrected chi connectivity index (χ4v) is 3.04. The molecule has 0 aromatic heterocycles. The Bertz CT molecular complexity index is 730. The van der Waals surface area contributed by atoms with Gasteiger partial charge in [0.15, 0.2) is 0 Å². The zero-order valence-corrected chi connectivity index (χ0v) is 14.5. The van der Waals surface area contributed by atoms with Crippen molar-refractivity contribution in [2.24, 2.45) is 0 Å². The monoisotopic (exact) mass is 358 g/mol. The van der Waals surface area contributed by atoms with E-state index in [1.165, 1.54) is 25.0 Å². The van der Waals surface area contributed by atoms with Crippen molar-refractivity contribution in [3.8, 4) is 5.75 Å². The zero-order valence-electron chi connectivity index (χ0n) is 14.5. The fraction of sp³-hybridized carbons (Fsp3) is 0.350. The summed E-state index contributed by atoms with van der Waals surface area (Å²) >= 11 is 0. The Hall–Kier alpha value is -2.60. The second-order valence-corrected chi connectivity index (χ2v) is 6.42. The van der Waals surface area contributed by atoms with Gasteiger partial charge in [-0.3, -0.25) is 0 Å². The van der Waals surface area contributed by atoms with Crippen LogP contribution in [-0.2, 0) is 0 Å². The molecule has 1 fully saturated rings. The van der Waals surface area contributed by atoms with Crippen LogP contribution in [0.15, 0.2) is 48.5 Å². The number of halogens is 1. The number of urea groups is 1. The van der Waals surface area contributed by atoms with Crippen LogP contribution in [-0.4, -0.2) is 23.8 Å². The van der Waals surface area contributed by atoms with Gasteiger partial charge in [-0.15, -0.1) is 0 Å². The van der Waals surface area contributed by atoms with E-state index in [0.717, 1.165) is 18.6 Å². The highest BCUT2D eigenvalue weighted by Gasteiger charge is 2.16. The number of nitrogens with one attached hydrogen (secondary N) is 2. The molecule has 5 nitrogen and oxygen atoms in total. The van der Waals surface area contributed by atoms with Gasteiger partial charge in [-0.25, -0.2) is 9.18 Å². The molecule has 1 atom stereocenters. The zero-order chi connectivity index (χ0) is 18.4. The van der Waals surface area contributed by atoms with Gasteiger partial charge in [-0.2, -0.15) is 0 Å². The van der Waals surface area contributed by atoms with E-state index in [1.54, 1.807) is 24.3 Å². The van der Waals surface area contributed by atoms with Crippen molar-refractivity contribution in [1.82, 2.24) is 5.32 Å². The number of carbonyl (C=O) groups is 1. The topological polar surface area (TPSA) is 70.6 Å². The van der Waals surface area contributed by atoms with E-state index in [4.69, 9.17) is 4.74 Å². The third kappa shape index (κ3) is 4.95. The molecule has 0 bridgehead atoms. The first-order valence-corrected chi connectivity index (χ1v) is 8.86. The van der Waals surface area contributed by atoms with Crippen molar-refractivity contribution in [2.75, 3.05) is 11.9 Å². The number of aliphatic hydroxyl groups is 1. The van der Waals surface area contributed by atoms with Crippen molar-refractivity contribution >= 4 is 11.7 Å². The first kappa shape index (κ1) is 18.2. The summed E-state index contributed by atoms with van der Waals surface area (Å²) in [7, 11) is 0. The molecule has 0 spiro atoms. The lowest BCUT2D eigenvalue weighted by Crippen LogP contribution is -2.32. The largest absolute Gasteiger partial charge is 0.490 e. The first-order chi connectivity index (χ1) is 12.6. The van der Waals surface area contributed by atoms with Gasteiger partial charge in [-0.05, 0) is 56.0 Å². The smallest absolute Gasteiger partial charge is 0.319 e. The second-order valence-electron chi connectivity index (χ2n) is 6.42. The molecule has 1 saturated carbocycles. The summed E-state index contributed by atoms with van der Waals surface area (Å²) in [5.74, 6) is 0.290. The summed E-state index contributed by atoms with van der Waals surface area (Å²) in [6, 6.07) is 12.6. The Balaban J connectivity index is 1.46. The number of carbonyl (C=O) groups excluding carboxylic acids is 1. The first-order valence-electron chi connectivity index (χ1n) is 8.86. The highest BCUT2D eigenvalue weighted by molar-refractivity contribution is 5.89. The van der Waals surface area contributed by atoms with Gasteiger partial charge in [0.05, 0.1) is 12.2 Å². The van der Waals surface area contributed by atoms with Crippen molar-refractivity contribution in [3.05, 3.63) is 59.9 Å². The van der Waals surface area contributed by atoms with Gasteiger partial charge in [0.1, 0.15) is 11.6 Å². The maximum Gasteiger partial charge on any atom is 0.319 e. The molecule has 0 radical (unpaired) electrons. The van der Waals surface area contributed by atoms with Crippen LogP contribution in [0.2, 0.25) is 0 Å². The fourth-order valence-electron chi connectivity index (χ4n) is 3.04. The number of aliphatic hydroxyl groups excluding tert-OH is 1. The molecular weight excluding hydrogens is 335 g/mol. The molecule has 1 aliphatic carbocycles. The average Bonchev–Trinajstić information content (AvgIpc) is 3.15. The molecule has 0 aliphatic heterocycles. The van der Waals surface area contributed by atoms with Gasteiger partial charge < -0.3 is 20.5 Å². The van der Waals surface area contributed by atoms with E-state index in [1.807, 2.05) is 12.1 Å².